The predicted octanol–water partition coefficient (Wildman–Crippen LogP) is 2.52. The van der Waals surface area contributed by atoms with Gasteiger partial charge in [0.2, 0.25) is 0 Å². The Morgan fingerprint density at radius 3 is 2.61 bits per heavy atom. The SMILES string of the molecule is C=C(COC(N)=O)C(=O)Nc1cccc(-c2ccc(C(N)=O)c3[nH]ccc23)c1. The molecule has 1 heterocycles. The van der Waals surface area contributed by atoms with Crippen LogP contribution in [-0.4, -0.2) is 29.5 Å². The number of H-pyrrole nitrogens is 1. The van der Waals surface area contributed by atoms with Gasteiger partial charge in [-0.15, -0.1) is 0 Å². The molecule has 142 valence electrons. The molecule has 8 nitrogen and oxygen atoms in total. The zero-order chi connectivity index (χ0) is 20.3. The van der Waals surface area contributed by atoms with Crippen LogP contribution in [0.5, 0.6) is 0 Å². The molecule has 0 aliphatic heterocycles. The molecule has 3 amide bonds. The molecule has 2 aromatic carbocycles. The van der Waals surface area contributed by atoms with Crippen molar-refractivity contribution in [3.05, 3.63) is 66.4 Å². The molecule has 0 unspecified atom stereocenters. The van der Waals surface area contributed by atoms with Crippen molar-refractivity contribution in [2.24, 2.45) is 11.5 Å². The van der Waals surface area contributed by atoms with Gasteiger partial charge in [0.1, 0.15) is 6.61 Å². The van der Waals surface area contributed by atoms with E-state index in [1.165, 1.54) is 0 Å². The molecule has 0 aliphatic carbocycles. The maximum absolute atomic E-state index is 12.2. The van der Waals surface area contributed by atoms with Crippen molar-refractivity contribution >= 4 is 34.5 Å². The second-order valence-electron chi connectivity index (χ2n) is 6.04. The molecule has 0 spiro atoms. The van der Waals surface area contributed by atoms with E-state index in [9.17, 15) is 14.4 Å². The lowest BCUT2D eigenvalue weighted by Gasteiger charge is -2.11. The molecule has 3 aromatic rings. The number of aromatic nitrogens is 1. The van der Waals surface area contributed by atoms with Gasteiger partial charge in [0.05, 0.1) is 11.1 Å². The molecular weight excluding hydrogens is 360 g/mol. The minimum Gasteiger partial charge on any atom is -0.445 e. The Kier molecular flexibility index (Phi) is 5.12. The number of benzene rings is 2. The fraction of sp³-hybridized carbons (Fsp3) is 0.0500. The van der Waals surface area contributed by atoms with E-state index >= 15 is 0 Å². The number of carbonyl (C=O) groups is 3. The number of fused-ring (bicyclic) bond motifs is 1. The van der Waals surface area contributed by atoms with E-state index in [-0.39, 0.29) is 12.2 Å². The first-order valence-corrected chi connectivity index (χ1v) is 8.28. The summed E-state index contributed by atoms with van der Waals surface area (Å²) in [5, 5.41) is 3.53. The van der Waals surface area contributed by atoms with Gasteiger partial charge < -0.3 is 26.5 Å². The van der Waals surface area contributed by atoms with Gasteiger partial charge in [0.15, 0.2) is 0 Å². The third-order valence-corrected chi connectivity index (χ3v) is 4.13. The topological polar surface area (TPSA) is 140 Å². The van der Waals surface area contributed by atoms with Gasteiger partial charge in [-0.25, -0.2) is 4.79 Å². The van der Waals surface area contributed by atoms with Crippen LogP contribution < -0.4 is 16.8 Å². The highest BCUT2D eigenvalue weighted by Gasteiger charge is 2.13. The summed E-state index contributed by atoms with van der Waals surface area (Å²) in [6.07, 6.45) is 0.750. The third-order valence-electron chi connectivity index (χ3n) is 4.13. The van der Waals surface area contributed by atoms with Gasteiger partial charge in [-0.2, -0.15) is 0 Å². The summed E-state index contributed by atoms with van der Waals surface area (Å²) in [6, 6.07) is 12.5. The number of carbonyl (C=O) groups excluding carboxylic acids is 3. The normalized spacial score (nSPS) is 10.4. The molecule has 0 aliphatic rings. The molecular formula is C20H18N4O4. The highest BCUT2D eigenvalue weighted by molar-refractivity contribution is 6.09. The van der Waals surface area contributed by atoms with Crippen molar-refractivity contribution < 1.29 is 19.1 Å². The van der Waals surface area contributed by atoms with Crippen LogP contribution in [0.2, 0.25) is 0 Å². The van der Waals surface area contributed by atoms with E-state index in [0.29, 0.717) is 16.8 Å². The van der Waals surface area contributed by atoms with Crippen molar-refractivity contribution in [2.45, 2.75) is 0 Å². The molecule has 0 saturated heterocycles. The molecule has 8 heteroatoms. The lowest BCUT2D eigenvalue weighted by molar-refractivity contribution is -0.113. The van der Waals surface area contributed by atoms with Crippen LogP contribution in [0.25, 0.3) is 22.0 Å². The quantitative estimate of drug-likeness (QED) is 0.489. The number of amides is 3. The molecule has 0 radical (unpaired) electrons. The predicted molar refractivity (Wildman–Crippen MR) is 106 cm³/mol. The van der Waals surface area contributed by atoms with Gasteiger partial charge in [0, 0.05) is 22.8 Å². The molecule has 3 rings (SSSR count). The lowest BCUT2D eigenvalue weighted by Crippen LogP contribution is -2.21. The van der Waals surface area contributed by atoms with E-state index in [0.717, 1.165) is 16.5 Å². The average Bonchev–Trinajstić information content (AvgIpc) is 3.14. The first kappa shape index (κ1) is 18.7. The van der Waals surface area contributed by atoms with Crippen LogP contribution in [0.4, 0.5) is 10.5 Å². The lowest BCUT2D eigenvalue weighted by atomic mass is 9.98. The second kappa shape index (κ2) is 7.67. The summed E-state index contributed by atoms with van der Waals surface area (Å²) in [5.41, 5.74) is 13.6. The van der Waals surface area contributed by atoms with Crippen LogP contribution in [0.3, 0.4) is 0 Å². The van der Waals surface area contributed by atoms with Crippen molar-refractivity contribution in [1.29, 1.82) is 0 Å². The molecule has 1 aromatic heterocycles. The molecule has 0 atom stereocenters. The van der Waals surface area contributed by atoms with Crippen molar-refractivity contribution in [2.75, 3.05) is 11.9 Å². The second-order valence-corrected chi connectivity index (χ2v) is 6.04. The van der Waals surface area contributed by atoms with Gasteiger partial charge in [0.25, 0.3) is 11.8 Å². The maximum Gasteiger partial charge on any atom is 0.404 e. The summed E-state index contributed by atoms with van der Waals surface area (Å²) in [6.45, 7) is 3.28. The van der Waals surface area contributed by atoms with Crippen molar-refractivity contribution in [3.63, 3.8) is 0 Å². The van der Waals surface area contributed by atoms with Gasteiger partial charge in [-0.3, -0.25) is 9.59 Å². The number of hydrogen-bond donors (Lipinski definition) is 4. The molecule has 0 saturated carbocycles. The zero-order valence-electron chi connectivity index (χ0n) is 14.8. The Hall–Kier alpha value is -4.07. The number of nitrogens with one attached hydrogen (secondary N) is 2. The fourth-order valence-electron chi connectivity index (χ4n) is 2.82. The molecule has 0 fully saturated rings. The Bertz CT molecular complexity index is 1100. The standard InChI is InChI=1S/C20H18N4O4/c1-11(10-28-20(22)27)19(26)24-13-4-2-3-12(9-13)14-5-6-16(18(21)25)17-15(14)7-8-23-17/h2-9,23H,1,10H2,(H2,21,25)(H2,22,27)(H,24,26). The van der Waals surface area contributed by atoms with Gasteiger partial charge in [-0.1, -0.05) is 24.8 Å². The van der Waals surface area contributed by atoms with Crippen LogP contribution in [0.15, 0.2) is 60.8 Å². The number of ether oxygens (including phenoxy) is 1. The Balaban J connectivity index is 1.87. The minimum absolute atomic E-state index is 0.0584. The van der Waals surface area contributed by atoms with Crippen LogP contribution in [0, 0.1) is 0 Å². The summed E-state index contributed by atoms with van der Waals surface area (Å²) < 4.78 is 4.56. The summed E-state index contributed by atoms with van der Waals surface area (Å²) in [7, 11) is 0. The number of rotatable bonds is 6. The van der Waals surface area contributed by atoms with E-state index in [2.05, 4.69) is 21.6 Å². The van der Waals surface area contributed by atoms with E-state index in [4.69, 9.17) is 11.5 Å². The Morgan fingerprint density at radius 2 is 1.89 bits per heavy atom. The minimum atomic E-state index is -0.981. The van der Waals surface area contributed by atoms with E-state index < -0.39 is 17.9 Å². The number of anilines is 1. The first-order chi connectivity index (χ1) is 13.4. The van der Waals surface area contributed by atoms with Gasteiger partial charge >= 0.3 is 6.09 Å². The summed E-state index contributed by atoms with van der Waals surface area (Å²) >= 11 is 0. The highest BCUT2D eigenvalue weighted by Crippen LogP contribution is 2.31. The molecule has 28 heavy (non-hydrogen) atoms. The van der Waals surface area contributed by atoms with Crippen molar-refractivity contribution in [3.8, 4) is 11.1 Å². The number of primary amides is 2. The fourth-order valence-corrected chi connectivity index (χ4v) is 2.82. The summed E-state index contributed by atoms with van der Waals surface area (Å²) in [4.78, 5) is 37.4. The number of nitrogens with two attached hydrogens (primary N) is 2. The maximum atomic E-state index is 12.2. The largest absolute Gasteiger partial charge is 0.445 e. The van der Waals surface area contributed by atoms with Crippen molar-refractivity contribution in [1.82, 2.24) is 4.98 Å². The molecule has 0 bridgehead atoms. The monoisotopic (exact) mass is 378 g/mol. The zero-order valence-corrected chi connectivity index (χ0v) is 14.8. The number of hydrogen-bond acceptors (Lipinski definition) is 4. The van der Waals surface area contributed by atoms with Gasteiger partial charge in [-0.05, 0) is 35.4 Å². The Labute approximate surface area is 160 Å². The first-order valence-electron chi connectivity index (χ1n) is 8.28. The smallest absolute Gasteiger partial charge is 0.404 e. The number of aromatic amines is 1. The Morgan fingerprint density at radius 1 is 1.11 bits per heavy atom. The van der Waals surface area contributed by atoms with Crippen LogP contribution >= 0.6 is 0 Å². The van der Waals surface area contributed by atoms with Crippen LogP contribution in [0.1, 0.15) is 10.4 Å². The van der Waals surface area contributed by atoms with E-state index in [1.807, 2.05) is 12.1 Å². The average molecular weight is 378 g/mol. The van der Waals surface area contributed by atoms with Crippen LogP contribution in [-0.2, 0) is 9.53 Å². The van der Waals surface area contributed by atoms with E-state index in [1.54, 1.807) is 36.5 Å². The molecule has 6 N–H and O–H groups in total. The third kappa shape index (κ3) is 3.85. The summed E-state index contributed by atoms with van der Waals surface area (Å²) in [5.74, 6) is -1.01. The highest BCUT2D eigenvalue weighted by atomic mass is 16.5.